The molecular formula is C17H20ClN3O. The summed E-state index contributed by atoms with van der Waals surface area (Å²) in [6, 6.07) is 7.37. The molecule has 1 saturated heterocycles. The summed E-state index contributed by atoms with van der Waals surface area (Å²) in [5.74, 6) is 0.384. The van der Waals surface area contributed by atoms with Crippen LogP contribution in [0, 0.1) is 5.92 Å². The topological polar surface area (TPSA) is 59.2 Å². The highest BCUT2D eigenvalue weighted by Crippen LogP contribution is 2.27. The van der Waals surface area contributed by atoms with Gasteiger partial charge in [-0.15, -0.1) is 0 Å². The van der Waals surface area contributed by atoms with Crippen LogP contribution < -0.4 is 5.73 Å². The maximum absolute atomic E-state index is 12.9. The minimum absolute atomic E-state index is 0.0192. The van der Waals surface area contributed by atoms with Gasteiger partial charge in [0.2, 0.25) is 0 Å². The summed E-state index contributed by atoms with van der Waals surface area (Å²) in [5, 5.41) is 1.43. The fourth-order valence-corrected chi connectivity index (χ4v) is 3.32. The third kappa shape index (κ3) is 2.81. The predicted octanol–water partition coefficient (Wildman–Crippen LogP) is 3.09. The molecule has 2 heterocycles. The molecule has 2 unspecified atom stereocenters. The van der Waals surface area contributed by atoms with Crippen LogP contribution in [0.2, 0.25) is 5.02 Å². The SMILES string of the molecule is CC(N)C1CCCN(C(=O)c2ccc(Cl)c3cccnc23)C1. The molecule has 0 aliphatic carbocycles. The van der Waals surface area contributed by atoms with Crippen LogP contribution in [0.4, 0.5) is 0 Å². The first kappa shape index (κ1) is 15.3. The number of fused-ring (bicyclic) bond motifs is 1. The number of hydrogen-bond acceptors (Lipinski definition) is 3. The molecule has 2 N–H and O–H groups in total. The lowest BCUT2D eigenvalue weighted by Gasteiger charge is -2.34. The first-order chi connectivity index (χ1) is 10.6. The predicted molar refractivity (Wildman–Crippen MR) is 89.0 cm³/mol. The summed E-state index contributed by atoms with van der Waals surface area (Å²) in [6.07, 6.45) is 3.77. The van der Waals surface area contributed by atoms with E-state index >= 15 is 0 Å². The Hall–Kier alpha value is -1.65. The molecule has 1 aromatic heterocycles. The lowest BCUT2D eigenvalue weighted by molar-refractivity contribution is 0.0663. The Labute approximate surface area is 135 Å². The monoisotopic (exact) mass is 317 g/mol. The van der Waals surface area contributed by atoms with Crippen molar-refractivity contribution in [2.45, 2.75) is 25.8 Å². The number of piperidine rings is 1. The van der Waals surface area contributed by atoms with Crippen molar-refractivity contribution in [2.24, 2.45) is 11.7 Å². The van der Waals surface area contributed by atoms with Crippen molar-refractivity contribution in [3.63, 3.8) is 0 Å². The highest BCUT2D eigenvalue weighted by atomic mass is 35.5. The molecular weight excluding hydrogens is 298 g/mol. The first-order valence-corrected chi connectivity index (χ1v) is 8.04. The molecule has 1 aliphatic rings. The smallest absolute Gasteiger partial charge is 0.256 e. The van der Waals surface area contributed by atoms with Gasteiger partial charge in [-0.2, -0.15) is 0 Å². The van der Waals surface area contributed by atoms with E-state index in [1.165, 1.54) is 0 Å². The Morgan fingerprint density at radius 2 is 2.27 bits per heavy atom. The van der Waals surface area contributed by atoms with Gasteiger partial charge >= 0.3 is 0 Å². The van der Waals surface area contributed by atoms with Crippen LogP contribution in [0.15, 0.2) is 30.5 Å². The third-order valence-electron chi connectivity index (χ3n) is 4.44. The molecule has 0 radical (unpaired) electrons. The standard InChI is InChI=1S/C17H20ClN3O/c1-11(19)12-4-3-9-21(10-12)17(22)14-6-7-15(18)13-5-2-8-20-16(13)14/h2,5-8,11-12H,3-4,9-10,19H2,1H3. The largest absolute Gasteiger partial charge is 0.338 e. The molecule has 3 rings (SSSR count). The maximum Gasteiger partial charge on any atom is 0.256 e. The van der Waals surface area contributed by atoms with Crippen LogP contribution in [-0.2, 0) is 0 Å². The van der Waals surface area contributed by atoms with Crippen LogP contribution >= 0.6 is 11.6 Å². The highest BCUT2D eigenvalue weighted by molar-refractivity contribution is 6.36. The number of pyridine rings is 1. The van der Waals surface area contributed by atoms with E-state index in [1.807, 2.05) is 24.0 Å². The molecule has 1 amide bonds. The van der Waals surface area contributed by atoms with Crippen LogP contribution in [-0.4, -0.2) is 34.9 Å². The lowest BCUT2D eigenvalue weighted by atomic mass is 9.91. The molecule has 2 aromatic rings. The molecule has 0 bridgehead atoms. The van der Waals surface area contributed by atoms with Crippen LogP contribution in [0.25, 0.3) is 10.9 Å². The number of likely N-dealkylation sites (tertiary alicyclic amines) is 1. The molecule has 2 atom stereocenters. The number of hydrogen-bond donors (Lipinski definition) is 1. The van der Waals surface area contributed by atoms with Crippen molar-refractivity contribution in [1.82, 2.24) is 9.88 Å². The van der Waals surface area contributed by atoms with Crippen molar-refractivity contribution in [2.75, 3.05) is 13.1 Å². The van der Waals surface area contributed by atoms with Gasteiger partial charge in [0.05, 0.1) is 16.1 Å². The second kappa shape index (κ2) is 6.23. The number of carbonyl (C=O) groups is 1. The van der Waals surface area contributed by atoms with Gasteiger partial charge in [-0.05, 0) is 49.9 Å². The minimum atomic E-state index is 0.0192. The van der Waals surface area contributed by atoms with E-state index in [-0.39, 0.29) is 11.9 Å². The molecule has 4 nitrogen and oxygen atoms in total. The van der Waals surface area contributed by atoms with Gasteiger partial charge in [0.15, 0.2) is 0 Å². The highest BCUT2D eigenvalue weighted by Gasteiger charge is 2.27. The van der Waals surface area contributed by atoms with E-state index in [2.05, 4.69) is 4.98 Å². The Morgan fingerprint density at radius 3 is 3.05 bits per heavy atom. The molecule has 5 heteroatoms. The second-order valence-electron chi connectivity index (χ2n) is 6.01. The summed E-state index contributed by atoms with van der Waals surface area (Å²) >= 11 is 6.20. The number of benzene rings is 1. The number of nitrogens with two attached hydrogens (primary N) is 1. The van der Waals surface area contributed by atoms with Crippen molar-refractivity contribution in [3.8, 4) is 0 Å². The number of amides is 1. The fourth-order valence-electron chi connectivity index (χ4n) is 3.10. The van der Waals surface area contributed by atoms with Gasteiger partial charge in [-0.25, -0.2) is 0 Å². The van der Waals surface area contributed by atoms with Crippen LogP contribution in [0.1, 0.15) is 30.1 Å². The van der Waals surface area contributed by atoms with Crippen LogP contribution in [0.5, 0.6) is 0 Å². The molecule has 1 aromatic carbocycles. The molecule has 116 valence electrons. The zero-order valence-electron chi connectivity index (χ0n) is 12.6. The van der Waals surface area contributed by atoms with E-state index in [1.54, 1.807) is 18.3 Å². The molecule has 22 heavy (non-hydrogen) atoms. The molecule has 0 saturated carbocycles. The average Bonchev–Trinajstić information content (AvgIpc) is 2.55. The summed E-state index contributed by atoms with van der Waals surface area (Å²) in [5.41, 5.74) is 7.30. The molecule has 1 aliphatic heterocycles. The lowest BCUT2D eigenvalue weighted by Crippen LogP contribution is -2.45. The van der Waals surface area contributed by atoms with Crippen LogP contribution in [0.3, 0.4) is 0 Å². The van der Waals surface area contributed by atoms with E-state index < -0.39 is 0 Å². The van der Waals surface area contributed by atoms with E-state index in [4.69, 9.17) is 17.3 Å². The quantitative estimate of drug-likeness (QED) is 0.926. The van der Waals surface area contributed by atoms with Gasteiger partial charge in [0, 0.05) is 30.7 Å². The Kier molecular flexibility index (Phi) is 4.32. The van der Waals surface area contributed by atoms with Gasteiger partial charge in [-0.3, -0.25) is 9.78 Å². The first-order valence-electron chi connectivity index (χ1n) is 7.66. The Balaban J connectivity index is 1.94. The van der Waals surface area contributed by atoms with Crippen molar-refractivity contribution >= 4 is 28.4 Å². The molecule has 0 spiro atoms. The van der Waals surface area contributed by atoms with E-state index in [0.29, 0.717) is 28.6 Å². The summed E-state index contributed by atoms with van der Waals surface area (Å²) in [7, 11) is 0. The Bertz CT molecular complexity index is 701. The number of nitrogens with zero attached hydrogens (tertiary/aromatic N) is 2. The van der Waals surface area contributed by atoms with Gasteiger partial charge in [0.25, 0.3) is 5.91 Å². The minimum Gasteiger partial charge on any atom is -0.338 e. The number of aromatic nitrogens is 1. The maximum atomic E-state index is 12.9. The normalized spacial score (nSPS) is 20.1. The summed E-state index contributed by atoms with van der Waals surface area (Å²) < 4.78 is 0. The van der Waals surface area contributed by atoms with Gasteiger partial charge in [-0.1, -0.05) is 11.6 Å². The van der Waals surface area contributed by atoms with Crippen molar-refractivity contribution in [3.05, 3.63) is 41.0 Å². The Morgan fingerprint density at radius 1 is 1.45 bits per heavy atom. The van der Waals surface area contributed by atoms with Crippen molar-refractivity contribution < 1.29 is 4.79 Å². The zero-order valence-corrected chi connectivity index (χ0v) is 13.4. The third-order valence-corrected chi connectivity index (χ3v) is 4.77. The number of rotatable bonds is 2. The molecule has 1 fully saturated rings. The zero-order chi connectivity index (χ0) is 15.7. The van der Waals surface area contributed by atoms with E-state index in [9.17, 15) is 4.79 Å². The summed E-state index contributed by atoms with van der Waals surface area (Å²) in [6.45, 7) is 3.50. The number of halogens is 1. The van der Waals surface area contributed by atoms with Crippen molar-refractivity contribution in [1.29, 1.82) is 0 Å². The van der Waals surface area contributed by atoms with Gasteiger partial charge in [0.1, 0.15) is 0 Å². The number of carbonyl (C=O) groups excluding carboxylic acids is 1. The summed E-state index contributed by atoms with van der Waals surface area (Å²) in [4.78, 5) is 19.1. The second-order valence-corrected chi connectivity index (χ2v) is 6.41. The van der Waals surface area contributed by atoms with E-state index in [0.717, 1.165) is 24.8 Å². The fraction of sp³-hybridized carbons (Fsp3) is 0.412. The van der Waals surface area contributed by atoms with Gasteiger partial charge < -0.3 is 10.6 Å². The average molecular weight is 318 g/mol.